The van der Waals surface area contributed by atoms with Gasteiger partial charge in [-0.25, -0.2) is 0 Å². The highest BCUT2D eigenvalue weighted by Gasteiger charge is 2.24. The Bertz CT molecular complexity index is 514. The van der Waals surface area contributed by atoms with Crippen LogP contribution < -0.4 is 15.4 Å². The summed E-state index contributed by atoms with van der Waals surface area (Å²) in [5.41, 5.74) is 7.88. The third-order valence-electron chi connectivity index (χ3n) is 5.21. The first kappa shape index (κ1) is 16.4. The van der Waals surface area contributed by atoms with Crippen molar-refractivity contribution in [2.24, 2.45) is 5.92 Å². The smallest absolute Gasteiger partial charge is 0.143 e. The molecule has 0 aliphatic carbocycles. The summed E-state index contributed by atoms with van der Waals surface area (Å²) in [6, 6.07) is 6.15. The predicted molar refractivity (Wildman–Crippen MR) is 96.3 cm³/mol. The van der Waals surface area contributed by atoms with E-state index in [2.05, 4.69) is 33.9 Å². The van der Waals surface area contributed by atoms with Gasteiger partial charge in [0.15, 0.2) is 0 Å². The molecule has 1 atom stereocenters. The molecule has 2 heterocycles. The standard InChI is InChI=1S/C18H30N4O/c1-20-8-10-21(11-9-20)13-15-4-3-7-22(14-15)16-5-6-17(19)18(12-16)23-2/h5-6,12,15H,3-4,7-11,13-14,19H2,1-2H3/t15-/m1/s1. The average molecular weight is 318 g/mol. The molecule has 128 valence electrons. The number of anilines is 2. The Morgan fingerprint density at radius 3 is 2.70 bits per heavy atom. The number of nitrogens with zero attached hydrogens (tertiary/aromatic N) is 3. The molecule has 0 saturated carbocycles. The van der Waals surface area contributed by atoms with E-state index in [0.29, 0.717) is 5.69 Å². The molecule has 2 aliphatic heterocycles. The second-order valence-electron chi connectivity index (χ2n) is 6.98. The summed E-state index contributed by atoms with van der Waals surface area (Å²) in [6.07, 6.45) is 2.61. The summed E-state index contributed by atoms with van der Waals surface area (Å²) < 4.78 is 5.37. The zero-order valence-corrected chi connectivity index (χ0v) is 14.5. The summed E-state index contributed by atoms with van der Waals surface area (Å²) >= 11 is 0. The molecule has 2 fully saturated rings. The van der Waals surface area contributed by atoms with Crippen molar-refractivity contribution < 1.29 is 4.74 Å². The topological polar surface area (TPSA) is 45.0 Å². The molecule has 0 radical (unpaired) electrons. The molecule has 0 bridgehead atoms. The molecule has 3 rings (SSSR count). The number of hydrogen-bond donors (Lipinski definition) is 1. The van der Waals surface area contributed by atoms with Gasteiger partial charge in [0, 0.05) is 57.6 Å². The van der Waals surface area contributed by atoms with Gasteiger partial charge in [0.2, 0.25) is 0 Å². The van der Waals surface area contributed by atoms with Crippen LogP contribution in [0.3, 0.4) is 0 Å². The third kappa shape index (κ3) is 4.09. The molecule has 5 heteroatoms. The number of piperazine rings is 1. The normalized spacial score (nSPS) is 23.9. The molecule has 1 aromatic rings. The largest absolute Gasteiger partial charge is 0.495 e. The minimum absolute atomic E-state index is 0.710. The van der Waals surface area contributed by atoms with Crippen molar-refractivity contribution >= 4 is 11.4 Å². The molecule has 0 spiro atoms. The van der Waals surface area contributed by atoms with E-state index in [1.54, 1.807) is 7.11 Å². The van der Waals surface area contributed by atoms with Gasteiger partial charge in [-0.15, -0.1) is 0 Å². The fourth-order valence-corrected chi connectivity index (χ4v) is 3.74. The van der Waals surface area contributed by atoms with Crippen molar-refractivity contribution in [3.63, 3.8) is 0 Å². The Morgan fingerprint density at radius 1 is 1.17 bits per heavy atom. The molecule has 2 N–H and O–H groups in total. The van der Waals surface area contributed by atoms with Gasteiger partial charge in [0.25, 0.3) is 0 Å². The first-order valence-electron chi connectivity index (χ1n) is 8.75. The Balaban J connectivity index is 1.59. The molecule has 0 amide bonds. The van der Waals surface area contributed by atoms with Gasteiger partial charge in [0.05, 0.1) is 12.8 Å². The number of benzene rings is 1. The zero-order valence-electron chi connectivity index (χ0n) is 14.5. The summed E-state index contributed by atoms with van der Waals surface area (Å²) in [6.45, 7) is 8.32. The number of ether oxygens (including phenoxy) is 1. The number of nitrogen functional groups attached to an aromatic ring is 1. The van der Waals surface area contributed by atoms with E-state index in [1.165, 1.54) is 51.3 Å². The summed E-state index contributed by atoms with van der Waals surface area (Å²) in [5, 5.41) is 0. The molecular formula is C18H30N4O. The van der Waals surface area contributed by atoms with Gasteiger partial charge in [0.1, 0.15) is 5.75 Å². The van der Waals surface area contributed by atoms with Crippen LogP contribution in [0.1, 0.15) is 12.8 Å². The van der Waals surface area contributed by atoms with E-state index in [0.717, 1.165) is 24.8 Å². The van der Waals surface area contributed by atoms with Crippen LogP contribution in [0.15, 0.2) is 18.2 Å². The Labute approximate surface area is 140 Å². The molecule has 0 aromatic heterocycles. The number of hydrogen-bond acceptors (Lipinski definition) is 5. The lowest BCUT2D eigenvalue weighted by Crippen LogP contribution is -2.48. The van der Waals surface area contributed by atoms with Crippen LogP contribution in [0.5, 0.6) is 5.75 Å². The van der Waals surface area contributed by atoms with Gasteiger partial charge in [-0.1, -0.05) is 0 Å². The fraction of sp³-hybridized carbons (Fsp3) is 0.667. The maximum absolute atomic E-state index is 5.94. The fourth-order valence-electron chi connectivity index (χ4n) is 3.74. The van der Waals surface area contributed by atoms with Gasteiger partial charge in [-0.05, 0) is 37.9 Å². The number of likely N-dealkylation sites (N-methyl/N-ethyl adjacent to an activating group) is 1. The summed E-state index contributed by atoms with van der Waals surface area (Å²) in [5.74, 6) is 1.54. The van der Waals surface area contributed by atoms with Gasteiger partial charge in [-0.2, -0.15) is 0 Å². The van der Waals surface area contributed by atoms with Crippen LogP contribution in [0.25, 0.3) is 0 Å². The summed E-state index contributed by atoms with van der Waals surface area (Å²) in [7, 11) is 3.90. The lowest BCUT2D eigenvalue weighted by atomic mass is 9.96. The highest BCUT2D eigenvalue weighted by molar-refractivity contribution is 5.62. The minimum atomic E-state index is 0.710. The third-order valence-corrected chi connectivity index (χ3v) is 5.21. The molecule has 0 unspecified atom stereocenters. The van der Waals surface area contributed by atoms with Crippen molar-refractivity contribution in [2.45, 2.75) is 12.8 Å². The van der Waals surface area contributed by atoms with Gasteiger partial charge < -0.3 is 25.2 Å². The first-order valence-corrected chi connectivity index (χ1v) is 8.75. The second kappa shape index (κ2) is 7.41. The van der Waals surface area contributed by atoms with E-state index < -0.39 is 0 Å². The van der Waals surface area contributed by atoms with Crippen molar-refractivity contribution in [1.82, 2.24) is 9.80 Å². The minimum Gasteiger partial charge on any atom is -0.495 e. The van der Waals surface area contributed by atoms with Crippen LogP contribution in [0.4, 0.5) is 11.4 Å². The number of piperidine rings is 1. The van der Waals surface area contributed by atoms with Crippen LogP contribution in [-0.2, 0) is 0 Å². The molecule has 5 nitrogen and oxygen atoms in total. The number of rotatable bonds is 4. The van der Waals surface area contributed by atoms with E-state index in [4.69, 9.17) is 10.5 Å². The lowest BCUT2D eigenvalue weighted by Gasteiger charge is -2.39. The average Bonchev–Trinajstić information content (AvgIpc) is 2.58. The van der Waals surface area contributed by atoms with E-state index in [9.17, 15) is 0 Å². The van der Waals surface area contributed by atoms with Crippen LogP contribution in [0.2, 0.25) is 0 Å². The van der Waals surface area contributed by atoms with Gasteiger partial charge in [-0.3, -0.25) is 0 Å². The second-order valence-corrected chi connectivity index (χ2v) is 6.98. The highest BCUT2D eigenvalue weighted by atomic mass is 16.5. The van der Waals surface area contributed by atoms with Gasteiger partial charge >= 0.3 is 0 Å². The SMILES string of the molecule is COc1cc(N2CCC[C@H](CN3CCN(C)CC3)C2)ccc1N. The van der Waals surface area contributed by atoms with Crippen LogP contribution >= 0.6 is 0 Å². The van der Waals surface area contributed by atoms with E-state index in [-0.39, 0.29) is 0 Å². The molecule has 2 aliphatic rings. The van der Waals surface area contributed by atoms with Crippen molar-refractivity contribution in [1.29, 1.82) is 0 Å². The Hall–Kier alpha value is -1.46. The predicted octanol–water partition coefficient (Wildman–Crippen LogP) is 1.74. The maximum atomic E-state index is 5.94. The van der Waals surface area contributed by atoms with Crippen molar-refractivity contribution in [2.75, 3.05) is 70.6 Å². The summed E-state index contributed by atoms with van der Waals surface area (Å²) in [4.78, 5) is 7.55. The first-order chi connectivity index (χ1) is 11.2. The van der Waals surface area contributed by atoms with E-state index in [1.807, 2.05) is 6.07 Å². The maximum Gasteiger partial charge on any atom is 0.143 e. The quantitative estimate of drug-likeness (QED) is 0.857. The zero-order chi connectivity index (χ0) is 16.2. The molecule has 2 saturated heterocycles. The molecular weight excluding hydrogens is 288 g/mol. The molecule has 23 heavy (non-hydrogen) atoms. The lowest BCUT2D eigenvalue weighted by molar-refractivity contribution is 0.131. The van der Waals surface area contributed by atoms with Crippen LogP contribution in [-0.4, -0.2) is 69.8 Å². The Morgan fingerprint density at radius 2 is 1.96 bits per heavy atom. The monoisotopic (exact) mass is 318 g/mol. The van der Waals surface area contributed by atoms with Crippen molar-refractivity contribution in [3.8, 4) is 5.75 Å². The van der Waals surface area contributed by atoms with Crippen LogP contribution in [0, 0.1) is 5.92 Å². The van der Waals surface area contributed by atoms with Crippen molar-refractivity contribution in [3.05, 3.63) is 18.2 Å². The highest BCUT2D eigenvalue weighted by Crippen LogP contribution is 2.30. The number of nitrogens with two attached hydrogens (primary N) is 1. The molecule has 1 aromatic carbocycles. The number of methoxy groups -OCH3 is 1. The Kier molecular flexibility index (Phi) is 5.28. The van der Waals surface area contributed by atoms with E-state index >= 15 is 0 Å².